The average Bonchev–Trinajstić information content (AvgIpc) is 2.76. The Kier molecular flexibility index (Phi) is 8.31. The summed E-state index contributed by atoms with van der Waals surface area (Å²) in [7, 11) is 2.05. The summed E-state index contributed by atoms with van der Waals surface area (Å²) in [4.78, 5) is 2.27. The van der Waals surface area contributed by atoms with E-state index >= 15 is 0 Å². The van der Waals surface area contributed by atoms with E-state index in [0.29, 0.717) is 12.8 Å². The molecule has 0 spiro atoms. The second-order valence-corrected chi connectivity index (χ2v) is 8.63. The van der Waals surface area contributed by atoms with Crippen LogP contribution in [0.3, 0.4) is 0 Å². The van der Waals surface area contributed by atoms with E-state index in [1.54, 1.807) is 6.07 Å². The highest BCUT2D eigenvalue weighted by Gasteiger charge is 2.44. The van der Waals surface area contributed by atoms with E-state index in [-0.39, 0.29) is 23.6 Å². The Morgan fingerprint density at radius 2 is 1.48 bits per heavy atom. The van der Waals surface area contributed by atoms with Gasteiger partial charge < -0.3 is 0 Å². The molecule has 0 aliphatic rings. The number of hydrogen-bond donors (Lipinski definition) is 0. The molecule has 3 atom stereocenters. The summed E-state index contributed by atoms with van der Waals surface area (Å²) in [6.45, 7) is 7.91. The van der Waals surface area contributed by atoms with Crippen LogP contribution in [0.4, 0.5) is 13.2 Å². The van der Waals surface area contributed by atoms with E-state index in [1.807, 2.05) is 32.0 Å². The normalized spacial score (nSPS) is 16.0. The number of rotatable bonds is 9. The van der Waals surface area contributed by atoms with Crippen LogP contribution < -0.4 is 0 Å². The van der Waals surface area contributed by atoms with E-state index < -0.39 is 17.2 Å². The van der Waals surface area contributed by atoms with Crippen molar-refractivity contribution >= 4 is 0 Å². The Morgan fingerprint density at radius 1 is 0.935 bits per heavy atom. The van der Waals surface area contributed by atoms with Gasteiger partial charge in [0, 0.05) is 12.1 Å². The van der Waals surface area contributed by atoms with Gasteiger partial charge >= 0.3 is 6.18 Å². The van der Waals surface area contributed by atoms with Crippen molar-refractivity contribution in [1.82, 2.24) is 4.90 Å². The van der Waals surface area contributed by atoms with Gasteiger partial charge in [-0.15, -0.1) is 0 Å². The predicted octanol–water partition coefficient (Wildman–Crippen LogP) is 7.37. The van der Waals surface area contributed by atoms with Gasteiger partial charge in [-0.05, 0) is 56.3 Å². The summed E-state index contributed by atoms with van der Waals surface area (Å²) < 4.78 is 41.2. The maximum Gasteiger partial charge on any atom is 0.416 e. The van der Waals surface area contributed by atoms with Gasteiger partial charge in [-0.2, -0.15) is 18.4 Å². The Balaban J connectivity index is 2.34. The summed E-state index contributed by atoms with van der Waals surface area (Å²) in [6, 6.07) is 18.3. The number of halogens is 3. The van der Waals surface area contributed by atoms with Crippen LogP contribution in [0.25, 0.3) is 0 Å². The van der Waals surface area contributed by atoms with Crippen molar-refractivity contribution in [2.75, 3.05) is 7.05 Å². The molecule has 2 aromatic carbocycles. The van der Waals surface area contributed by atoms with E-state index in [9.17, 15) is 18.4 Å². The van der Waals surface area contributed by atoms with Gasteiger partial charge in [0.05, 0.1) is 17.0 Å². The Hall–Kier alpha value is -2.32. The minimum atomic E-state index is -4.49. The van der Waals surface area contributed by atoms with Crippen LogP contribution in [0.5, 0.6) is 0 Å². The minimum absolute atomic E-state index is 0.0913. The summed E-state index contributed by atoms with van der Waals surface area (Å²) >= 11 is 0. The summed E-state index contributed by atoms with van der Waals surface area (Å²) in [5.74, 6) is -0.254. The van der Waals surface area contributed by atoms with Gasteiger partial charge in [-0.3, -0.25) is 4.90 Å². The summed E-state index contributed by atoms with van der Waals surface area (Å²) in [5.41, 5.74) is -0.615. The minimum Gasteiger partial charge on any atom is -0.297 e. The van der Waals surface area contributed by atoms with Crippen molar-refractivity contribution in [1.29, 1.82) is 5.26 Å². The van der Waals surface area contributed by atoms with Crippen molar-refractivity contribution in [3.05, 3.63) is 71.3 Å². The molecule has 31 heavy (non-hydrogen) atoms. The zero-order valence-electron chi connectivity index (χ0n) is 19.1. The Labute approximate surface area is 184 Å². The number of nitriles is 1. The molecule has 5 heteroatoms. The first-order valence-corrected chi connectivity index (χ1v) is 10.9. The van der Waals surface area contributed by atoms with Crippen LogP contribution in [-0.2, 0) is 11.6 Å². The zero-order valence-corrected chi connectivity index (χ0v) is 19.1. The van der Waals surface area contributed by atoms with E-state index in [2.05, 4.69) is 44.0 Å². The number of benzene rings is 2. The smallest absolute Gasteiger partial charge is 0.297 e. The third-order valence-corrected chi connectivity index (χ3v) is 6.71. The molecule has 0 saturated heterocycles. The highest BCUT2D eigenvalue weighted by Crippen LogP contribution is 2.44. The molecule has 0 heterocycles. The molecule has 0 bridgehead atoms. The molecule has 0 aliphatic carbocycles. The lowest BCUT2D eigenvalue weighted by Gasteiger charge is -2.38. The fourth-order valence-corrected chi connectivity index (χ4v) is 4.47. The van der Waals surface area contributed by atoms with Crippen molar-refractivity contribution < 1.29 is 13.2 Å². The lowest BCUT2D eigenvalue weighted by atomic mass is 9.67. The van der Waals surface area contributed by atoms with E-state index in [1.165, 1.54) is 17.7 Å². The number of nitrogens with zero attached hydrogens (tertiary/aromatic N) is 2. The molecule has 0 aliphatic heterocycles. The molecular formula is C26H33F3N2. The molecule has 0 aromatic heterocycles. The topological polar surface area (TPSA) is 27.0 Å². The molecular weight excluding hydrogens is 397 g/mol. The monoisotopic (exact) mass is 430 g/mol. The van der Waals surface area contributed by atoms with Crippen molar-refractivity contribution in [2.24, 2.45) is 5.92 Å². The fraction of sp³-hybridized carbons (Fsp3) is 0.500. The quantitative estimate of drug-likeness (QED) is 0.415. The van der Waals surface area contributed by atoms with Gasteiger partial charge in [0.1, 0.15) is 0 Å². The Bertz CT molecular complexity index is 870. The number of hydrogen-bond acceptors (Lipinski definition) is 2. The van der Waals surface area contributed by atoms with Gasteiger partial charge in [0.2, 0.25) is 0 Å². The standard InChI is InChI=1S/C26H33F3N2/c1-6-22(31(5)20(4)21-12-8-7-9-13-21)16-17-25(18-30,19(2)3)23-14-10-11-15-24(23)26(27,28)29/h7-15,19-20,22H,6,16-17H2,1-5H3. The third-order valence-electron chi connectivity index (χ3n) is 6.71. The molecule has 3 unspecified atom stereocenters. The van der Waals surface area contributed by atoms with Crippen molar-refractivity contribution in [3.63, 3.8) is 0 Å². The second kappa shape index (κ2) is 10.3. The molecule has 0 N–H and O–H groups in total. The van der Waals surface area contributed by atoms with Crippen molar-refractivity contribution in [2.45, 2.75) is 70.6 Å². The first-order valence-electron chi connectivity index (χ1n) is 10.9. The summed E-state index contributed by atoms with van der Waals surface area (Å²) in [5, 5.41) is 10.2. The lowest BCUT2D eigenvalue weighted by Crippen LogP contribution is -2.38. The zero-order chi connectivity index (χ0) is 23.2. The highest BCUT2D eigenvalue weighted by molar-refractivity contribution is 5.41. The van der Waals surface area contributed by atoms with Gasteiger partial charge in [0.25, 0.3) is 0 Å². The molecule has 0 amide bonds. The molecule has 2 nitrogen and oxygen atoms in total. The molecule has 0 saturated carbocycles. The first kappa shape index (κ1) is 24.9. The maximum absolute atomic E-state index is 13.7. The fourth-order valence-electron chi connectivity index (χ4n) is 4.47. The van der Waals surface area contributed by atoms with Crippen LogP contribution in [0, 0.1) is 17.2 Å². The second-order valence-electron chi connectivity index (χ2n) is 8.63. The molecule has 168 valence electrons. The lowest BCUT2D eigenvalue weighted by molar-refractivity contribution is -0.138. The first-order chi connectivity index (χ1) is 14.6. The van der Waals surface area contributed by atoms with Gasteiger partial charge in [0.15, 0.2) is 0 Å². The summed E-state index contributed by atoms with van der Waals surface area (Å²) in [6.07, 6.45) is -2.62. The van der Waals surface area contributed by atoms with Crippen LogP contribution >= 0.6 is 0 Å². The number of alkyl halides is 3. The maximum atomic E-state index is 13.7. The molecule has 2 aromatic rings. The van der Waals surface area contributed by atoms with Gasteiger partial charge in [-0.1, -0.05) is 69.3 Å². The molecule has 0 fully saturated rings. The average molecular weight is 431 g/mol. The predicted molar refractivity (Wildman–Crippen MR) is 120 cm³/mol. The van der Waals surface area contributed by atoms with Gasteiger partial charge in [-0.25, -0.2) is 0 Å². The molecule has 2 rings (SSSR count). The largest absolute Gasteiger partial charge is 0.416 e. The SMILES string of the molecule is CCC(CCC(C#N)(c1ccccc1C(F)(F)F)C(C)C)N(C)C(C)c1ccccc1. The van der Waals surface area contributed by atoms with Crippen LogP contribution in [0.2, 0.25) is 0 Å². The van der Waals surface area contributed by atoms with Crippen LogP contribution in [0.1, 0.15) is 69.7 Å². The third kappa shape index (κ3) is 5.49. The van der Waals surface area contributed by atoms with Crippen LogP contribution in [0.15, 0.2) is 54.6 Å². The van der Waals surface area contributed by atoms with Crippen LogP contribution in [-0.4, -0.2) is 18.0 Å². The molecule has 0 radical (unpaired) electrons. The van der Waals surface area contributed by atoms with E-state index in [4.69, 9.17) is 0 Å². The van der Waals surface area contributed by atoms with E-state index in [0.717, 1.165) is 12.5 Å². The van der Waals surface area contributed by atoms with Crippen molar-refractivity contribution in [3.8, 4) is 6.07 Å². The highest BCUT2D eigenvalue weighted by atomic mass is 19.4. The Morgan fingerprint density at radius 3 is 1.97 bits per heavy atom.